The van der Waals surface area contributed by atoms with Crippen LogP contribution < -0.4 is 5.56 Å². The van der Waals surface area contributed by atoms with Gasteiger partial charge in [0.15, 0.2) is 0 Å². The lowest BCUT2D eigenvalue weighted by Crippen LogP contribution is -2.42. The van der Waals surface area contributed by atoms with Crippen LogP contribution in [0, 0.1) is 13.8 Å². The van der Waals surface area contributed by atoms with Crippen molar-refractivity contribution in [3.63, 3.8) is 0 Å². The number of fused-ring (bicyclic) bond motifs is 1. The molecule has 156 valence electrons. The van der Waals surface area contributed by atoms with Crippen LogP contribution in [-0.4, -0.2) is 49.8 Å². The van der Waals surface area contributed by atoms with E-state index in [-0.39, 0.29) is 17.5 Å². The second-order valence-electron chi connectivity index (χ2n) is 8.35. The van der Waals surface area contributed by atoms with Gasteiger partial charge in [-0.1, -0.05) is 0 Å². The maximum atomic E-state index is 13.3. The predicted molar refractivity (Wildman–Crippen MR) is 113 cm³/mol. The van der Waals surface area contributed by atoms with E-state index in [1.54, 1.807) is 0 Å². The molecule has 0 radical (unpaired) electrons. The highest BCUT2D eigenvalue weighted by atomic mass is 32.1. The topological polar surface area (TPSA) is 82.2 Å². The molecule has 0 spiro atoms. The summed E-state index contributed by atoms with van der Waals surface area (Å²) in [5, 5.41) is 0.897. The number of aryl methyl sites for hydroxylation is 2. The van der Waals surface area contributed by atoms with E-state index < -0.39 is 0 Å². The molecule has 1 fully saturated rings. The number of amides is 1. The summed E-state index contributed by atoms with van der Waals surface area (Å²) in [6, 6.07) is 0.225. The minimum atomic E-state index is -0.189. The smallest absolute Gasteiger partial charge is 0.266 e. The summed E-state index contributed by atoms with van der Waals surface area (Å²) in [5.74, 6) is 0.633. The lowest BCUT2D eigenvalue weighted by Gasteiger charge is -2.36. The van der Waals surface area contributed by atoms with Crippen LogP contribution in [0.5, 0.6) is 0 Å². The van der Waals surface area contributed by atoms with Crippen LogP contribution in [0.1, 0.15) is 76.6 Å². The van der Waals surface area contributed by atoms with E-state index >= 15 is 0 Å². The first-order valence-corrected chi connectivity index (χ1v) is 11.3. The molecule has 0 aromatic carbocycles. The first kappa shape index (κ1) is 20.2. The van der Waals surface area contributed by atoms with Gasteiger partial charge in [-0.3, -0.25) is 14.5 Å². The summed E-state index contributed by atoms with van der Waals surface area (Å²) in [6.45, 7) is 10.4. The van der Waals surface area contributed by atoms with Gasteiger partial charge >= 0.3 is 0 Å². The molecule has 4 rings (SSSR count). The molecule has 29 heavy (non-hydrogen) atoms. The molecule has 2 aromatic rings. The van der Waals surface area contributed by atoms with Gasteiger partial charge in [0.05, 0.1) is 22.4 Å². The predicted octanol–water partition coefficient (Wildman–Crippen LogP) is 2.98. The zero-order chi connectivity index (χ0) is 20.7. The van der Waals surface area contributed by atoms with Gasteiger partial charge in [-0.25, -0.2) is 9.97 Å². The summed E-state index contributed by atoms with van der Waals surface area (Å²) >= 11 is 1.44. The molecule has 4 heterocycles. The molecule has 0 unspecified atom stereocenters. The fourth-order valence-corrected chi connectivity index (χ4v) is 5.27. The Morgan fingerprint density at radius 2 is 2.00 bits per heavy atom. The second kappa shape index (κ2) is 7.99. The highest BCUT2D eigenvalue weighted by Gasteiger charge is 2.33. The third-order valence-electron chi connectivity index (χ3n) is 6.03. The van der Waals surface area contributed by atoms with Gasteiger partial charge in [0.25, 0.3) is 11.5 Å². The summed E-state index contributed by atoms with van der Waals surface area (Å²) in [7, 11) is 0. The average molecular weight is 416 g/mol. The van der Waals surface area contributed by atoms with Crippen molar-refractivity contribution in [2.45, 2.75) is 72.0 Å². The molecular formula is C21H29N5O2S. The second-order valence-corrected chi connectivity index (χ2v) is 9.55. The Morgan fingerprint density at radius 3 is 2.69 bits per heavy atom. The van der Waals surface area contributed by atoms with Crippen molar-refractivity contribution in [1.82, 2.24) is 24.8 Å². The summed E-state index contributed by atoms with van der Waals surface area (Å²) in [6.07, 6.45) is 3.53. The van der Waals surface area contributed by atoms with Gasteiger partial charge in [-0.2, -0.15) is 0 Å². The summed E-state index contributed by atoms with van der Waals surface area (Å²) in [4.78, 5) is 43.3. The first-order chi connectivity index (χ1) is 13.8. The van der Waals surface area contributed by atoms with Gasteiger partial charge < -0.3 is 9.88 Å². The average Bonchev–Trinajstić information content (AvgIpc) is 3.04. The van der Waals surface area contributed by atoms with Gasteiger partial charge in [0, 0.05) is 31.2 Å². The zero-order valence-electron chi connectivity index (χ0n) is 17.6. The van der Waals surface area contributed by atoms with E-state index in [9.17, 15) is 9.59 Å². The molecule has 7 nitrogen and oxygen atoms in total. The molecule has 8 heteroatoms. The number of aromatic amines is 1. The van der Waals surface area contributed by atoms with E-state index in [0.29, 0.717) is 29.8 Å². The molecule has 2 aromatic heterocycles. The molecule has 1 amide bonds. The Hall–Kier alpha value is -2.06. The SMILES string of the molecule is Cc1nc(C)c(C(=O)N2CCCC[C@@H]2c2nc3c(c(=O)[nH]2)CCN(C(C)C)C3)s1. The summed E-state index contributed by atoms with van der Waals surface area (Å²) in [5.41, 5.74) is 2.40. The molecule has 1 N–H and O–H groups in total. The highest BCUT2D eigenvalue weighted by Crippen LogP contribution is 2.32. The molecule has 1 saturated heterocycles. The van der Waals surface area contributed by atoms with Crippen LogP contribution in [0.15, 0.2) is 4.79 Å². The molecule has 2 aliphatic rings. The number of likely N-dealkylation sites (tertiary alicyclic amines) is 1. The van der Waals surface area contributed by atoms with Crippen molar-refractivity contribution in [2.24, 2.45) is 0 Å². The minimum absolute atomic E-state index is 0.00183. The van der Waals surface area contributed by atoms with Gasteiger partial charge in [-0.05, 0) is 53.4 Å². The number of hydrogen-bond acceptors (Lipinski definition) is 6. The number of piperidine rings is 1. The Kier molecular flexibility index (Phi) is 5.57. The minimum Gasteiger partial charge on any atom is -0.328 e. The van der Waals surface area contributed by atoms with E-state index in [1.165, 1.54) is 11.3 Å². The molecule has 0 saturated carbocycles. The largest absolute Gasteiger partial charge is 0.328 e. The van der Waals surface area contributed by atoms with Crippen molar-refractivity contribution < 1.29 is 4.79 Å². The Bertz CT molecular complexity index is 980. The Labute approximate surface area is 175 Å². The number of hydrogen-bond donors (Lipinski definition) is 1. The van der Waals surface area contributed by atoms with Gasteiger partial charge in [0.2, 0.25) is 0 Å². The summed E-state index contributed by atoms with van der Waals surface area (Å²) < 4.78 is 0. The van der Waals surface area contributed by atoms with Crippen molar-refractivity contribution >= 4 is 17.2 Å². The molecule has 1 atom stereocenters. The number of aromatic nitrogens is 3. The fraction of sp³-hybridized carbons (Fsp3) is 0.619. The van der Waals surface area contributed by atoms with Crippen LogP contribution in [0.4, 0.5) is 0 Å². The number of nitrogens with one attached hydrogen (secondary N) is 1. The number of H-pyrrole nitrogens is 1. The molecule has 0 bridgehead atoms. The number of thiazole rings is 1. The first-order valence-electron chi connectivity index (χ1n) is 10.5. The van der Waals surface area contributed by atoms with Crippen molar-refractivity contribution in [2.75, 3.05) is 13.1 Å². The van der Waals surface area contributed by atoms with E-state index in [4.69, 9.17) is 4.98 Å². The third kappa shape index (κ3) is 3.88. The maximum absolute atomic E-state index is 13.3. The molecule has 2 aliphatic heterocycles. The van der Waals surface area contributed by atoms with E-state index in [2.05, 4.69) is 28.7 Å². The van der Waals surface area contributed by atoms with Gasteiger partial charge in [0.1, 0.15) is 10.7 Å². The lowest BCUT2D eigenvalue weighted by molar-refractivity contribution is 0.0602. The monoisotopic (exact) mass is 415 g/mol. The third-order valence-corrected chi connectivity index (χ3v) is 7.09. The number of rotatable bonds is 3. The van der Waals surface area contributed by atoms with Crippen LogP contribution >= 0.6 is 11.3 Å². The lowest BCUT2D eigenvalue weighted by atomic mass is 9.99. The van der Waals surface area contributed by atoms with Gasteiger partial charge in [-0.15, -0.1) is 11.3 Å². The van der Waals surface area contributed by atoms with Crippen molar-refractivity contribution in [3.05, 3.63) is 43.0 Å². The Balaban J connectivity index is 1.68. The highest BCUT2D eigenvalue weighted by molar-refractivity contribution is 7.13. The number of nitrogens with zero attached hydrogens (tertiary/aromatic N) is 4. The van der Waals surface area contributed by atoms with Crippen LogP contribution in [0.3, 0.4) is 0 Å². The molecular weight excluding hydrogens is 386 g/mol. The zero-order valence-corrected chi connectivity index (χ0v) is 18.4. The van der Waals surface area contributed by atoms with Crippen molar-refractivity contribution in [1.29, 1.82) is 0 Å². The standard InChI is InChI=1S/C21H29N5O2S/c1-12(2)25-10-8-15-16(11-25)23-19(24-20(15)27)17-7-5-6-9-26(17)21(28)18-13(3)22-14(4)29-18/h12,17H,5-11H2,1-4H3,(H,23,24,27)/t17-/m1/s1. The number of carbonyl (C=O) groups is 1. The Morgan fingerprint density at radius 1 is 1.21 bits per heavy atom. The number of carbonyl (C=O) groups excluding carboxylic acids is 1. The quantitative estimate of drug-likeness (QED) is 0.833. The normalized spacial score (nSPS) is 20.2. The van der Waals surface area contributed by atoms with E-state index in [1.807, 2.05) is 18.7 Å². The van der Waals surface area contributed by atoms with Crippen LogP contribution in [-0.2, 0) is 13.0 Å². The fourth-order valence-electron chi connectivity index (χ4n) is 4.40. The van der Waals surface area contributed by atoms with Crippen molar-refractivity contribution in [3.8, 4) is 0 Å². The molecule has 0 aliphatic carbocycles. The van der Waals surface area contributed by atoms with Crippen LogP contribution in [0.25, 0.3) is 0 Å². The maximum Gasteiger partial charge on any atom is 0.266 e. The van der Waals surface area contributed by atoms with E-state index in [0.717, 1.165) is 54.2 Å². The van der Waals surface area contributed by atoms with Crippen LogP contribution in [0.2, 0.25) is 0 Å².